The number of halogens is 1. The maximum absolute atomic E-state index is 11.9. The molecule has 0 bridgehead atoms. The van der Waals surface area contributed by atoms with E-state index in [0.717, 1.165) is 5.56 Å². The van der Waals surface area contributed by atoms with Gasteiger partial charge in [0, 0.05) is 17.1 Å². The molecule has 0 aliphatic heterocycles. The Labute approximate surface area is 134 Å². The van der Waals surface area contributed by atoms with Crippen LogP contribution in [-0.2, 0) is 16.4 Å². The molecule has 0 heterocycles. The van der Waals surface area contributed by atoms with E-state index in [1.165, 1.54) is 24.3 Å². The molecule has 2 aromatic carbocycles. The third-order valence-electron chi connectivity index (χ3n) is 3.03. The molecule has 5 nitrogen and oxygen atoms in total. The van der Waals surface area contributed by atoms with E-state index < -0.39 is 10.0 Å². The Morgan fingerprint density at radius 1 is 1.14 bits per heavy atom. The van der Waals surface area contributed by atoms with Crippen molar-refractivity contribution in [3.63, 3.8) is 0 Å². The lowest BCUT2D eigenvalue weighted by atomic mass is 10.1. The van der Waals surface area contributed by atoms with Gasteiger partial charge in [-0.15, -0.1) is 0 Å². The van der Waals surface area contributed by atoms with Crippen LogP contribution in [0.5, 0.6) is 0 Å². The number of hydrogen-bond donors (Lipinski definition) is 2. The van der Waals surface area contributed by atoms with E-state index >= 15 is 0 Å². The molecule has 7 heteroatoms. The molecule has 0 atom stereocenters. The first-order valence-corrected chi connectivity index (χ1v) is 8.44. The number of primary sulfonamides is 1. The van der Waals surface area contributed by atoms with Crippen molar-refractivity contribution in [3.05, 3.63) is 64.7 Å². The first-order valence-electron chi connectivity index (χ1n) is 6.52. The SMILES string of the molecule is NS(=O)(=O)c1ccc(C(=O)NCCc2cccc(Cl)c2)cc1. The standard InChI is InChI=1S/C15H15ClN2O3S/c16-13-3-1-2-11(10-13)8-9-18-15(19)12-4-6-14(7-5-12)22(17,20)21/h1-7,10H,8-9H2,(H,18,19)(H2,17,20,21). The van der Waals surface area contributed by atoms with Crippen LogP contribution < -0.4 is 10.5 Å². The van der Waals surface area contributed by atoms with Crippen LogP contribution in [0.25, 0.3) is 0 Å². The topological polar surface area (TPSA) is 89.3 Å². The Kier molecular flexibility index (Phi) is 5.18. The maximum Gasteiger partial charge on any atom is 0.251 e. The lowest BCUT2D eigenvalue weighted by Crippen LogP contribution is -2.25. The molecule has 22 heavy (non-hydrogen) atoms. The van der Waals surface area contributed by atoms with E-state index in [1.807, 2.05) is 18.2 Å². The largest absolute Gasteiger partial charge is 0.352 e. The van der Waals surface area contributed by atoms with Crippen LogP contribution in [0.3, 0.4) is 0 Å². The first-order chi connectivity index (χ1) is 10.4. The number of rotatable bonds is 5. The molecular weight excluding hydrogens is 324 g/mol. The predicted molar refractivity (Wildman–Crippen MR) is 85.3 cm³/mol. The fourth-order valence-corrected chi connectivity index (χ4v) is 2.64. The summed E-state index contributed by atoms with van der Waals surface area (Å²) < 4.78 is 22.3. The Balaban J connectivity index is 1.92. The Morgan fingerprint density at radius 3 is 2.41 bits per heavy atom. The molecule has 0 aliphatic carbocycles. The molecule has 0 spiro atoms. The number of nitrogens with one attached hydrogen (secondary N) is 1. The summed E-state index contributed by atoms with van der Waals surface area (Å²) in [5, 5.41) is 8.42. The van der Waals surface area contributed by atoms with Crippen LogP contribution in [0, 0.1) is 0 Å². The molecule has 0 unspecified atom stereocenters. The molecule has 116 valence electrons. The van der Waals surface area contributed by atoms with E-state index in [2.05, 4.69) is 5.32 Å². The Bertz CT molecular complexity index is 774. The highest BCUT2D eigenvalue weighted by Crippen LogP contribution is 2.11. The third kappa shape index (κ3) is 4.56. The van der Waals surface area contributed by atoms with Crippen LogP contribution in [0.2, 0.25) is 5.02 Å². The summed E-state index contributed by atoms with van der Waals surface area (Å²) in [5.74, 6) is -0.275. The minimum absolute atomic E-state index is 0.0250. The van der Waals surface area contributed by atoms with Gasteiger partial charge in [0.1, 0.15) is 0 Å². The number of benzene rings is 2. The highest BCUT2D eigenvalue weighted by Gasteiger charge is 2.10. The molecule has 0 saturated carbocycles. The molecule has 2 rings (SSSR count). The average molecular weight is 339 g/mol. The van der Waals surface area contributed by atoms with Crippen molar-refractivity contribution in [1.29, 1.82) is 0 Å². The number of sulfonamides is 1. The second-order valence-corrected chi connectivity index (χ2v) is 6.70. The number of nitrogens with two attached hydrogens (primary N) is 1. The van der Waals surface area contributed by atoms with Gasteiger partial charge in [-0.2, -0.15) is 0 Å². The van der Waals surface area contributed by atoms with Crippen LogP contribution >= 0.6 is 11.6 Å². The van der Waals surface area contributed by atoms with Crippen molar-refractivity contribution in [2.45, 2.75) is 11.3 Å². The van der Waals surface area contributed by atoms with E-state index in [-0.39, 0.29) is 10.8 Å². The minimum Gasteiger partial charge on any atom is -0.352 e. The number of hydrogen-bond acceptors (Lipinski definition) is 3. The number of carbonyl (C=O) groups excluding carboxylic acids is 1. The van der Waals surface area contributed by atoms with E-state index in [1.54, 1.807) is 6.07 Å². The number of amides is 1. The highest BCUT2D eigenvalue weighted by atomic mass is 35.5. The number of carbonyl (C=O) groups is 1. The molecule has 0 fully saturated rings. The molecule has 0 saturated heterocycles. The predicted octanol–water partition coefficient (Wildman–Crippen LogP) is 1.96. The quantitative estimate of drug-likeness (QED) is 0.873. The van der Waals surface area contributed by atoms with Gasteiger partial charge in [-0.3, -0.25) is 4.79 Å². The summed E-state index contributed by atoms with van der Waals surface area (Å²) in [6.45, 7) is 0.454. The summed E-state index contributed by atoms with van der Waals surface area (Å²) >= 11 is 5.89. The third-order valence-corrected chi connectivity index (χ3v) is 4.20. The van der Waals surface area contributed by atoms with Gasteiger partial charge >= 0.3 is 0 Å². The van der Waals surface area contributed by atoms with Crippen molar-refractivity contribution in [3.8, 4) is 0 Å². The van der Waals surface area contributed by atoms with E-state index in [9.17, 15) is 13.2 Å². The average Bonchev–Trinajstić information content (AvgIpc) is 2.46. The van der Waals surface area contributed by atoms with Gasteiger partial charge in [0.25, 0.3) is 5.91 Å². The fourth-order valence-electron chi connectivity index (χ4n) is 1.91. The lowest BCUT2D eigenvalue weighted by Gasteiger charge is -2.06. The summed E-state index contributed by atoms with van der Waals surface area (Å²) in [6.07, 6.45) is 0.654. The fraction of sp³-hybridized carbons (Fsp3) is 0.133. The smallest absolute Gasteiger partial charge is 0.251 e. The summed E-state index contributed by atoms with van der Waals surface area (Å²) in [6, 6.07) is 12.9. The summed E-state index contributed by atoms with van der Waals surface area (Å²) in [4.78, 5) is 11.9. The van der Waals surface area contributed by atoms with Crippen molar-refractivity contribution in [1.82, 2.24) is 5.32 Å². The minimum atomic E-state index is -3.75. The lowest BCUT2D eigenvalue weighted by molar-refractivity contribution is 0.0954. The van der Waals surface area contributed by atoms with Crippen LogP contribution in [0.1, 0.15) is 15.9 Å². The Morgan fingerprint density at radius 2 is 1.82 bits per heavy atom. The van der Waals surface area contributed by atoms with Gasteiger partial charge < -0.3 is 5.32 Å². The van der Waals surface area contributed by atoms with Gasteiger partial charge in [0.15, 0.2) is 0 Å². The molecule has 0 radical (unpaired) electrons. The van der Waals surface area contributed by atoms with Gasteiger partial charge in [-0.25, -0.2) is 13.6 Å². The molecular formula is C15H15ClN2O3S. The second kappa shape index (κ2) is 6.91. The summed E-state index contributed by atoms with van der Waals surface area (Å²) in [5.41, 5.74) is 1.40. The van der Waals surface area contributed by atoms with E-state index in [4.69, 9.17) is 16.7 Å². The molecule has 0 aromatic heterocycles. The van der Waals surface area contributed by atoms with Gasteiger partial charge in [-0.05, 0) is 48.4 Å². The van der Waals surface area contributed by atoms with Crippen LogP contribution in [-0.4, -0.2) is 20.9 Å². The maximum atomic E-state index is 11.9. The van der Waals surface area contributed by atoms with Crippen LogP contribution in [0.15, 0.2) is 53.4 Å². The van der Waals surface area contributed by atoms with Gasteiger partial charge in [-0.1, -0.05) is 23.7 Å². The van der Waals surface area contributed by atoms with Crippen molar-refractivity contribution >= 4 is 27.5 Å². The van der Waals surface area contributed by atoms with Crippen molar-refractivity contribution in [2.75, 3.05) is 6.54 Å². The zero-order valence-corrected chi connectivity index (χ0v) is 13.2. The first kappa shape index (κ1) is 16.5. The van der Waals surface area contributed by atoms with Crippen molar-refractivity contribution < 1.29 is 13.2 Å². The molecule has 3 N–H and O–H groups in total. The monoisotopic (exact) mass is 338 g/mol. The Hall–Kier alpha value is -1.89. The van der Waals surface area contributed by atoms with Gasteiger partial charge in [0.05, 0.1) is 4.90 Å². The van der Waals surface area contributed by atoms with Gasteiger partial charge in [0.2, 0.25) is 10.0 Å². The van der Waals surface area contributed by atoms with Crippen molar-refractivity contribution in [2.24, 2.45) is 5.14 Å². The summed E-state index contributed by atoms with van der Waals surface area (Å²) in [7, 11) is -3.75. The zero-order chi connectivity index (χ0) is 16.2. The normalized spacial score (nSPS) is 11.2. The molecule has 1 amide bonds. The molecule has 2 aromatic rings. The highest BCUT2D eigenvalue weighted by molar-refractivity contribution is 7.89. The van der Waals surface area contributed by atoms with E-state index in [0.29, 0.717) is 23.6 Å². The second-order valence-electron chi connectivity index (χ2n) is 4.71. The molecule has 0 aliphatic rings. The van der Waals surface area contributed by atoms with Crippen LogP contribution in [0.4, 0.5) is 0 Å². The zero-order valence-electron chi connectivity index (χ0n) is 11.6.